The van der Waals surface area contributed by atoms with E-state index >= 15 is 0 Å². The van der Waals surface area contributed by atoms with Crippen molar-refractivity contribution in [2.45, 2.75) is 18.9 Å². The van der Waals surface area contributed by atoms with Gasteiger partial charge >= 0.3 is 12.0 Å². The fraction of sp³-hybridized carbons (Fsp3) is 0.364. The number of carbonyl (C=O) groups excluding carboxylic acids is 1. The van der Waals surface area contributed by atoms with Gasteiger partial charge in [0, 0.05) is 6.07 Å². The van der Waals surface area contributed by atoms with Gasteiger partial charge < -0.3 is 15.7 Å². The van der Waals surface area contributed by atoms with Crippen molar-refractivity contribution in [2.75, 3.05) is 5.32 Å². The lowest BCUT2D eigenvalue weighted by atomic mass is 10.2. The number of hydrogen-bond donors (Lipinski definition) is 3. The number of urea groups is 1. The van der Waals surface area contributed by atoms with Crippen LogP contribution in [-0.4, -0.2) is 28.1 Å². The molecule has 0 spiro atoms. The highest BCUT2D eigenvalue weighted by Crippen LogP contribution is 2.32. The summed E-state index contributed by atoms with van der Waals surface area (Å²) in [5, 5.41) is 13.6. The number of pyridine rings is 1. The van der Waals surface area contributed by atoms with Crippen molar-refractivity contribution in [3.63, 3.8) is 0 Å². The number of amides is 2. The topological polar surface area (TPSA) is 91.3 Å². The van der Waals surface area contributed by atoms with Crippen LogP contribution in [0, 0.1) is 11.7 Å². The van der Waals surface area contributed by atoms with E-state index in [-0.39, 0.29) is 11.6 Å². The highest BCUT2D eigenvalue weighted by atomic mass is 19.1. The van der Waals surface area contributed by atoms with Gasteiger partial charge in [-0.25, -0.2) is 14.0 Å². The average molecular weight is 253 g/mol. The van der Waals surface area contributed by atoms with Crippen molar-refractivity contribution in [3.05, 3.63) is 24.3 Å². The summed E-state index contributed by atoms with van der Waals surface area (Å²) in [5.74, 6) is -1.66. The van der Waals surface area contributed by atoms with Crippen molar-refractivity contribution < 1.29 is 19.1 Å². The summed E-state index contributed by atoms with van der Waals surface area (Å²) in [6.45, 7) is 0. The highest BCUT2D eigenvalue weighted by Gasteiger charge is 2.37. The molecule has 18 heavy (non-hydrogen) atoms. The van der Waals surface area contributed by atoms with Crippen molar-refractivity contribution in [2.24, 2.45) is 5.92 Å². The van der Waals surface area contributed by atoms with Crippen LogP contribution in [0.5, 0.6) is 0 Å². The number of rotatable bonds is 4. The Balaban J connectivity index is 1.93. The maximum absolute atomic E-state index is 12.8. The Morgan fingerprint density at radius 2 is 2.17 bits per heavy atom. The predicted molar refractivity (Wildman–Crippen MR) is 60.5 cm³/mol. The fourth-order valence-corrected chi connectivity index (χ4v) is 1.60. The lowest BCUT2D eigenvalue weighted by Gasteiger charge is -2.14. The minimum atomic E-state index is -1.06. The lowest BCUT2D eigenvalue weighted by molar-refractivity contribution is -0.139. The van der Waals surface area contributed by atoms with Crippen LogP contribution < -0.4 is 10.6 Å². The molecule has 1 heterocycles. The van der Waals surface area contributed by atoms with Crippen LogP contribution in [0.2, 0.25) is 0 Å². The average Bonchev–Trinajstić information content (AvgIpc) is 3.09. The SMILES string of the molecule is O=C(Nc1cncc(F)c1)NC(C(=O)O)C1CC1. The number of halogens is 1. The molecule has 1 aromatic heterocycles. The Bertz CT molecular complexity index is 476. The molecular formula is C11H12FN3O3. The molecule has 1 fully saturated rings. The molecule has 2 rings (SSSR count). The molecule has 0 radical (unpaired) electrons. The van der Waals surface area contributed by atoms with E-state index in [9.17, 15) is 14.0 Å². The number of carboxylic acids is 1. The first kappa shape index (κ1) is 12.3. The first-order valence-electron chi connectivity index (χ1n) is 5.47. The molecule has 0 bridgehead atoms. The molecular weight excluding hydrogens is 241 g/mol. The minimum absolute atomic E-state index is 0.0149. The quantitative estimate of drug-likeness (QED) is 0.752. The van der Waals surface area contributed by atoms with Crippen molar-refractivity contribution >= 4 is 17.7 Å². The van der Waals surface area contributed by atoms with Gasteiger partial charge in [0.1, 0.15) is 11.9 Å². The summed E-state index contributed by atoms with van der Waals surface area (Å²) < 4.78 is 12.8. The van der Waals surface area contributed by atoms with E-state index in [2.05, 4.69) is 15.6 Å². The molecule has 96 valence electrons. The van der Waals surface area contributed by atoms with E-state index in [1.165, 1.54) is 6.20 Å². The largest absolute Gasteiger partial charge is 0.480 e. The summed E-state index contributed by atoms with van der Waals surface area (Å²) in [6, 6.07) is -0.479. The van der Waals surface area contributed by atoms with Crippen LogP contribution in [0.3, 0.4) is 0 Å². The summed E-state index contributed by atoms with van der Waals surface area (Å²) in [4.78, 5) is 26.0. The monoisotopic (exact) mass is 253 g/mol. The number of aliphatic carboxylic acids is 1. The Hall–Kier alpha value is -2.18. The number of carbonyl (C=O) groups is 2. The van der Waals surface area contributed by atoms with Crippen LogP contribution in [-0.2, 0) is 4.79 Å². The summed E-state index contributed by atoms with van der Waals surface area (Å²) in [6.07, 6.45) is 3.86. The summed E-state index contributed by atoms with van der Waals surface area (Å²) in [5.41, 5.74) is 0.174. The van der Waals surface area contributed by atoms with Crippen molar-refractivity contribution in [1.82, 2.24) is 10.3 Å². The molecule has 1 aliphatic carbocycles. The van der Waals surface area contributed by atoms with Gasteiger partial charge in [0.2, 0.25) is 0 Å². The maximum Gasteiger partial charge on any atom is 0.326 e. The Kier molecular flexibility index (Phi) is 3.40. The molecule has 0 aromatic carbocycles. The first-order chi connectivity index (χ1) is 8.56. The third-order valence-electron chi connectivity index (χ3n) is 2.61. The number of carboxylic acid groups (broad SMARTS) is 1. The Labute approximate surface area is 102 Å². The van der Waals surface area contributed by atoms with E-state index in [0.717, 1.165) is 25.1 Å². The van der Waals surface area contributed by atoms with Gasteiger partial charge in [-0.15, -0.1) is 0 Å². The minimum Gasteiger partial charge on any atom is -0.480 e. The number of anilines is 1. The zero-order valence-electron chi connectivity index (χ0n) is 9.39. The normalized spacial score (nSPS) is 15.8. The van der Waals surface area contributed by atoms with Gasteiger partial charge in [-0.05, 0) is 18.8 Å². The number of nitrogens with one attached hydrogen (secondary N) is 2. The fourth-order valence-electron chi connectivity index (χ4n) is 1.60. The smallest absolute Gasteiger partial charge is 0.326 e. The third-order valence-corrected chi connectivity index (χ3v) is 2.61. The molecule has 2 amide bonds. The predicted octanol–water partition coefficient (Wildman–Crippen LogP) is 1.21. The van der Waals surface area contributed by atoms with E-state index < -0.39 is 23.9 Å². The molecule has 1 aliphatic rings. The second-order valence-corrected chi connectivity index (χ2v) is 4.14. The third kappa shape index (κ3) is 3.16. The molecule has 7 heteroatoms. The molecule has 3 N–H and O–H groups in total. The second kappa shape index (κ2) is 4.99. The van der Waals surface area contributed by atoms with Crippen LogP contribution in [0.25, 0.3) is 0 Å². The van der Waals surface area contributed by atoms with Gasteiger partial charge in [-0.3, -0.25) is 4.98 Å². The van der Waals surface area contributed by atoms with E-state index in [4.69, 9.17) is 5.11 Å². The summed E-state index contributed by atoms with van der Waals surface area (Å²) in [7, 11) is 0. The van der Waals surface area contributed by atoms with Gasteiger partial charge in [0.25, 0.3) is 0 Å². The molecule has 1 saturated carbocycles. The van der Waals surface area contributed by atoms with E-state index in [1.807, 2.05) is 0 Å². The van der Waals surface area contributed by atoms with Crippen molar-refractivity contribution in [3.8, 4) is 0 Å². The van der Waals surface area contributed by atoms with Gasteiger partial charge in [0.15, 0.2) is 0 Å². The molecule has 6 nitrogen and oxygen atoms in total. The van der Waals surface area contributed by atoms with Gasteiger partial charge in [0.05, 0.1) is 18.1 Å². The van der Waals surface area contributed by atoms with Crippen molar-refractivity contribution in [1.29, 1.82) is 0 Å². The molecule has 1 unspecified atom stereocenters. The first-order valence-corrected chi connectivity index (χ1v) is 5.47. The molecule has 1 aromatic rings. The zero-order chi connectivity index (χ0) is 13.1. The standard InChI is InChI=1S/C11H12FN3O3/c12-7-3-8(5-13-4-7)14-11(18)15-9(10(16)17)6-1-2-6/h3-6,9H,1-2H2,(H,16,17)(H2,14,15,18). The van der Waals surface area contributed by atoms with Crippen LogP contribution in [0.15, 0.2) is 18.5 Å². The van der Waals surface area contributed by atoms with Crippen LogP contribution in [0.4, 0.5) is 14.9 Å². The molecule has 0 aliphatic heterocycles. The summed E-state index contributed by atoms with van der Waals surface area (Å²) >= 11 is 0. The second-order valence-electron chi connectivity index (χ2n) is 4.14. The van der Waals surface area contributed by atoms with Gasteiger partial charge in [-0.2, -0.15) is 0 Å². The Morgan fingerprint density at radius 1 is 1.44 bits per heavy atom. The number of aromatic nitrogens is 1. The molecule has 0 saturated heterocycles. The van der Waals surface area contributed by atoms with Crippen LogP contribution >= 0.6 is 0 Å². The van der Waals surface area contributed by atoms with Crippen LogP contribution in [0.1, 0.15) is 12.8 Å². The number of nitrogens with zero attached hydrogens (tertiary/aromatic N) is 1. The van der Waals surface area contributed by atoms with Gasteiger partial charge in [-0.1, -0.05) is 0 Å². The highest BCUT2D eigenvalue weighted by molar-refractivity contribution is 5.92. The molecule has 1 atom stereocenters. The maximum atomic E-state index is 12.8. The lowest BCUT2D eigenvalue weighted by Crippen LogP contribution is -2.44. The van der Waals surface area contributed by atoms with E-state index in [0.29, 0.717) is 0 Å². The number of hydrogen-bond acceptors (Lipinski definition) is 3. The Morgan fingerprint density at radius 3 is 2.72 bits per heavy atom. The van der Waals surface area contributed by atoms with E-state index in [1.54, 1.807) is 0 Å². The zero-order valence-corrected chi connectivity index (χ0v) is 9.39.